The molecule has 188 valence electrons. The van der Waals surface area contributed by atoms with Gasteiger partial charge in [-0.05, 0) is 54.6 Å². The molecule has 0 spiro atoms. The maximum Gasteiger partial charge on any atom is 0.269 e. The average Bonchev–Trinajstić information content (AvgIpc) is 3.65. The minimum absolute atomic E-state index is 0.0332. The van der Waals surface area contributed by atoms with Crippen molar-refractivity contribution in [2.45, 2.75) is 0 Å². The van der Waals surface area contributed by atoms with Gasteiger partial charge >= 0.3 is 0 Å². The van der Waals surface area contributed by atoms with Crippen LogP contribution in [0, 0.1) is 0 Å². The Bertz CT molecular complexity index is 2510. The second kappa shape index (κ2) is 7.91. The largest absolute Gasteiger partial charge is 0.309 e. The molecular weight excluding hydrogens is 512 g/mol. The Kier molecular flexibility index (Phi) is 4.29. The van der Waals surface area contributed by atoms with Crippen molar-refractivity contribution in [1.29, 1.82) is 0 Å². The summed E-state index contributed by atoms with van der Waals surface area (Å²) >= 11 is 1.55. The smallest absolute Gasteiger partial charge is 0.269 e. The summed E-state index contributed by atoms with van der Waals surface area (Å²) in [6.45, 7) is 0. The van der Waals surface area contributed by atoms with E-state index >= 15 is 0 Å². The van der Waals surface area contributed by atoms with Crippen LogP contribution in [0.2, 0.25) is 0 Å². The molecule has 0 fully saturated rings. The number of fused-ring (bicyclic) bond motifs is 9. The van der Waals surface area contributed by atoms with Gasteiger partial charge in [-0.1, -0.05) is 78.1 Å². The van der Waals surface area contributed by atoms with Crippen molar-refractivity contribution in [3.05, 3.63) is 132 Å². The van der Waals surface area contributed by atoms with Crippen molar-refractivity contribution < 1.29 is 0 Å². The van der Waals surface area contributed by atoms with Gasteiger partial charge in [0.05, 0.1) is 32.2 Å². The molecule has 0 amide bonds. The fourth-order valence-electron chi connectivity index (χ4n) is 6.21. The first-order valence-corrected chi connectivity index (χ1v) is 14.0. The third-order valence-electron chi connectivity index (χ3n) is 7.90. The van der Waals surface area contributed by atoms with Crippen LogP contribution in [-0.4, -0.2) is 18.5 Å². The number of para-hydroxylation sites is 4. The van der Waals surface area contributed by atoms with Crippen molar-refractivity contribution in [1.82, 2.24) is 18.5 Å². The molecule has 0 bridgehead atoms. The standard InChI is InChI=1S/C34H20N4OS/c39-33-31-24-13-5-7-15-27(24)37(32(31)35-34-38(33)29-16-8-9-17-30(29)40-34)22-18-19-28-25(20-22)23-12-4-6-14-26(23)36(28)21-10-2-1-3-11-21/h1-20H. The molecule has 0 unspecified atom stereocenters. The maximum atomic E-state index is 14.1. The Balaban J connectivity index is 1.41. The predicted octanol–water partition coefficient (Wildman–Crippen LogP) is 8.10. The number of hydrogen-bond donors (Lipinski definition) is 0. The van der Waals surface area contributed by atoms with E-state index < -0.39 is 0 Å². The molecule has 0 radical (unpaired) electrons. The molecule has 0 N–H and O–H groups in total. The van der Waals surface area contributed by atoms with Crippen LogP contribution in [0.1, 0.15) is 0 Å². The Morgan fingerprint density at radius 3 is 2.02 bits per heavy atom. The zero-order chi connectivity index (χ0) is 26.4. The summed E-state index contributed by atoms with van der Waals surface area (Å²) in [6.07, 6.45) is 0. The van der Waals surface area contributed by atoms with E-state index in [0.29, 0.717) is 16.0 Å². The minimum atomic E-state index is -0.0332. The summed E-state index contributed by atoms with van der Waals surface area (Å²) < 4.78 is 7.26. The van der Waals surface area contributed by atoms with E-state index in [0.717, 1.165) is 48.9 Å². The lowest BCUT2D eigenvalue weighted by Gasteiger charge is -2.10. The van der Waals surface area contributed by atoms with Gasteiger partial charge in [-0.15, -0.1) is 0 Å². The van der Waals surface area contributed by atoms with Crippen LogP contribution in [0.4, 0.5) is 0 Å². The molecule has 0 aliphatic heterocycles. The molecule has 40 heavy (non-hydrogen) atoms. The van der Waals surface area contributed by atoms with Gasteiger partial charge in [0.1, 0.15) is 0 Å². The van der Waals surface area contributed by atoms with Gasteiger partial charge in [0.2, 0.25) is 0 Å². The highest BCUT2D eigenvalue weighted by Crippen LogP contribution is 2.36. The number of rotatable bonds is 2. The summed E-state index contributed by atoms with van der Waals surface area (Å²) in [4.78, 5) is 19.9. The lowest BCUT2D eigenvalue weighted by Crippen LogP contribution is -2.13. The van der Waals surface area contributed by atoms with Gasteiger partial charge in [0.15, 0.2) is 10.6 Å². The monoisotopic (exact) mass is 532 g/mol. The van der Waals surface area contributed by atoms with E-state index in [2.05, 4.69) is 81.9 Å². The van der Waals surface area contributed by atoms with Crippen LogP contribution in [-0.2, 0) is 0 Å². The van der Waals surface area contributed by atoms with Crippen LogP contribution in [0.15, 0.2) is 126 Å². The molecule has 5 nitrogen and oxygen atoms in total. The molecule has 0 saturated carbocycles. The highest BCUT2D eigenvalue weighted by atomic mass is 32.1. The summed E-state index contributed by atoms with van der Waals surface area (Å²) in [5.74, 6) is 0. The second-order valence-electron chi connectivity index (χ2n) is 10.0. The third kappa shape index (κ3) is 2.80. The summed E-state index contributed by atoms with van der Waals surface area (Å²) in [5.41, 5.74) is 6.91. The van der Waals surface area contributed by atoms with Gasteiger partial charge in [-0.2, -0.15) is 0 Å². The molecule has 0 atom stereocenters. The first-order valence-electron chi connectivity index (χ1n) is 13.2. The van der Waals surface area contributed by atoms with Crippen LogP contribution in [0.5, 0.6) is 0 Å². The number of nitrogens with zero attached hydrogens (tertiary/aromatic N) is 4. The number of benzene rings is 5. The molecule has 0 aliphatic carbocycles. The van der Waals surface area contributed by atoms with Crippen molar-refractivity contribution in [3.63, 3.8) is 0 Å². The first-order chi connectivity index (χ1) is 19.8. The van der Waals surface area contributed by atoms with Crippen LogP contribution < -0.4 is 5.56 Å². The molecule has 4 heterocycles. The van der Waals surface area contributed by atoms with E-state index in [1.807, 2.05) is 48.5 Å². The normalized spacial score (nSPS) is 12.1. The summed E-state index contributed by atoms with van der Waals surface area (Å²) in [7, 11) is 0. The first kappa shape index (κ1) is 21.7. The van der Waals surface area contributed by atoms with Crippen molar-refractivity contribution in [3.8, 4) is 11.4 Å². The Morgan fingerprint density at radius 2 is 1.20 bits per heavy atom. The number of hydrogen-bond acceptors (Lipinski definition) is 3. The molecule has 0 aliphatic rings. The number of thiazole rings is 1. The van der Waals surface area contributed by atoms with Gasteiger partial charge in [0.25, 0.3) is 5.56 Å². The highest BCUT2D eigenvalue weighted by Gasteiger charge is 2.21. The van der Waals surface area contributed by atoms with Gasteiger partial charge < -0.3 is 4.57 Å². The van der Waals surface area contributed by atoms with Crippen molar-refractivity contribution in [2.24, 2.45) is 0 Å². The van der Waals surface area contributed by atoms with E-state index in [-0.39, 0.29) is 5.56 Å². The van der Waals surface area contributed by atoms with Crippen LogP contribution >= 0.6 is 11.3 Å². The van der Waals surface area contributed by atoms with Crippen LogP contribution in [0.3, 0.4) is 0 Å². The zero-order valence-corrected chi connectivity index (χ0v) is 22.0. The molecule has 9 rings (SSSR count). The van der Waals surface area contributed by atoms with Crippen molar-refractivity contribution >= 4 is 70.3 Å². The molecule has 5 aromatic carbocycles. The number of aromatic nitrogens is 4. The summed E-state index contributed by atoms with van der Waals surface area (Å²) in [6, 6.07) is 41.7. The lowest BCUT2D eigenvalue weighted by atomic mass is 10.1. The fourth-order valence-corrected chi connectivity index (χ4v) is 7.22. The maximum absolute atomic E-state index is 14.1. The van der Waals surface area contributed by atoms with Crippen LogP contribution in [0.25, 0.3) is 70.3 Å². The fraction of sp³-hybridized carbons (Fsp3) is 0. The topological polar surface area (TPSA) is 44.2 Å². The predicted molar refractivity (Wildman–Crippen MR) is 166 cm³/mol. The second-order valence-corrected chi connectivity index (χ2v) is 11.1. The minimum Gasteiger partial charge on any atom is -0.309 e. The molecular formula is C34H20N4OS. The highest BCUT2D eigenvalue weighted by molar-refractivity contribution is 7.23. The van der Waals surface area contributed by atoms with Gasteiger partial charge in [-0.25, -0.2) is 4.98 Å². The Labute approximate surface area is 231 Å². The van der Waals surface area contributed by atoms with Gasteiger partial charge in [-0.3, -0.25) is 13.8 Å². The molecule has 4 aromatic heterocycles. The van der Waals surface area contributed by atoms with Gasteiger partial charge in [0, 0.05) is 27.5 Å². The lowest BCUT2D eigenvalue weighted by molar-refractivity contribution is 1.10. The van der Waals surface area contributed by atoms with Crippen molar-refractivity contribution in [2.75, 3.05) is 0 Å². The quantitative estimate of drug-likeness (QED) is 0.226. The van der Waals surface area contributed by atoms with E-state index in [4.69, 9.17) is 4.98 Å². The summed E-state index contributed by atoms with van der Waals surface area (Å²) in [5, 5.41) is 3.89. The zero-order valence-electron chi connectivity index (χ0n) is 21.2. The van der Waals surface area contributed by atoms with E-state index in [9.17, 15) is 4.79 Å². The Hall–Kier alpha value is -5.20. The Morgan fingerprint density at radius 1 is 0.550 bits per heavy atom. The molecule has 6 heteroatoms. The van der Waals surface area contributed by atoms with E-state index in [1.165, 1.54) is 5.39 Å². The molecule has 9 aromatic rings. The van der Waals surface area contributed by atoms with E-state index in [1.54, 1.807) is 15.7 Å². The third-order valence-corrected chi connectivity index (χ3v) is 8.92. The average molecular weight is 533 g/mol. The SMILES string of the molecule is O=c1c2c3ccccc3n(-c3ccc4c(c3)c3ccccc3n4-c3ccccc3)c2nc2sc3ccccc3n12. The molecule has 0 saturated heterocycles.